The van der Waals surface area contributed by atoms with Crippen LogP contribution in [0.4, 0.5) is 11.9 Å². The molecule has 1 aromatic rings. The average Bonchev–Trinajstić information content (AvgIpc) is 2.53. The molecule has 6 nitrogen and oxygen atoms in total. The Morgan fingerprint density at radius 3 is 2.67 bits per heavy atom. The van der Waals surface area contributed by atoms with Crippen molar-refractivity contribution in [2.75, 3.05) is 43.1 Å². The van der Waals surface area contributed by atoms with E-state index in [-0.39, 0.29) is 0 Å². The van der Waals surface area contributed by atoms with E-state index in [2.05, 4.69) is 45.9 Å². The third kappa shape index (κ3) is 5.00. The van der Waals surface area contributed by atoms with E-state index in [0.717, 1.165) is 56.8 Å². The number of aromatic nitrogens is 3. The van der Waals surface area contributed by atoms with Crippen molar-refractivity contribution in [1.29, 1.82) is 0 Å². The Kier molecular flexibility index (Phi) is 6.50. The topological polar surface area (TPSA) is 63.2 Å². The lowest BCUT2D eigenvalue weighted by molar-refractivity contribution is 0.122. The third-order valence-corrected chi connectivity index (χ3v) is 4.44. The Bertz CT molecular complexity index is 439. The van der Waals surface area contributed by atoms with Gasteiger partial charge in [0.15, 0.2) is 5.16 Å². The van der Waals surface area contributed by atoms with Gasteiger partial charge in [-0.2, -0.15) is 15.0 Å². The second-order valence-corrected chi connectivity index (χ2v) is 6.51. The maximum absolute atomic E-state index is 5.39. The molecular weight excluding hydrogens is 286 g/mol. The monoisotopic (exact) mass is 311 g/mol. The van der Waals surface area contributed by atoms with Crippen LogP contribution in [-0.4, -0.2) is 53.0 Å². The molecule has 0 saturated carbocycles. The van der Waals surface area contributed by atoms with E-state index in [0.29, 0.717) is 11.2 Å². The van der Waals surface area contributed by atoms with Crippen LogP contribution in [0.3, 0.4) is 0 Å². The van der Waals surface area contributed by atoms with Crippen LogP contribution >= 0.6 is 11.8 Å². The molecule has 1 saturated heterocycles. The molecule has 118 valence electrons. The molecule has 21 heavy (non-hydrogen) atoms. The van der Waals surface area contributed by atoms with Crippen LogP contribution in [0.2, 0.25) is 0 Å². The van der Waals surface area contributed by atoms with E-state index in [9.17, 15) is 0 Å². The fourth-order valence-corrected chi connectivity index (χ4v) is 2.68. The van der Waals surface area contributed by atoms with E-state index in [1.165, 1.54) is 0 Å². The molecular formula is C14H25N5OS. The maximum Gasteiger partial charge on any atom is 0.231 e. The SMILES string of the molecule is CCCNc1nc(SC(C)CC)nc(N2CCOCC2)n1. The summed E-state index contributed by atoms with van der Waals surface area (Å²) in [6.45, 7) is 10.5. The molecule has 1 fully saturated rings. The highest BCUT2D eigenvalue weighted by molar-refractivity contribution is 7.99. The van der Waals surface area contributed by atoms with Crippen LogP contribution in [0.15, 0.2) is 5.16 Å². The van der Waals surface area contributed by atoms with Gasteiger partial charge in [-0.05, 0) is 12.8 Å². The molecule has 0 aliphatic carbocycles. The lowest BCUT2D eigenvalue weighted by Crippen LogP contribution is -2.37. The molecule has 0 aromatic carbocycles. The summed E-state index contributed by atoms with van der Waals surface area (Å²) >= 11 is 1.71. The largest absolute Gasteiger partial charge is 0.378 e. The van der Waals surface area contributed by atoms with Gasteiger partial charge in [0.2, 0.25) is 11.9 Å². The Labute approximate surface area is 131 Å². The van der Waals surface area contributed by atoms with Crippen molar-refractivity contribution < 1.29 is 4.74 Å². The van der Waals surface area contributed by atoms with E-state index in [4.69, 9.17) is 4.74 Å². The minimum atomic E-state index is 0.504. The number of hydrogen-bond acceptors (Lipinski definition) is 7. The predicted molar refractivity (Wildman–Crippen MR) is 87.2 cm³/mol. The van der Waals surface area contributed by atoms with Gasteiger partial charge in [0.05, 0.1) is 13.2 Å². The van der Waals surface area contributed by atoms with Crippen LogP contribution < -0.4 is 10.2 Å². The van der Waals surface area contributed by atoms with Crippen LogP contribution in [0.1, 0.15) is 33.6 Å². The van der Waals surface area contributed by atoms with Gasteiger partial charge in [0.25, 0.3) is 0 Å². The summed E-state index contributed by atoms with van der Waals surface area (Å²) < 4.78 is 5.39. The molecule has 1 aliphatic heterocycles. The smallest absolute Gasteiger partial charge is 0.231 e. The first-order chi connectivity index (χ1) is 10.2. The van der Waals surface area contributed by atoms with Crippen molar-refractivity contribution in [3.05, 3.63) is 0 Å². The van der Waals surface area contributed by atoms with Crippen molar-refractivity contribution in [2.24, 2.45) is 0 Å². The third-order valence-electron chi connectivity index (χ3n) is 3.31. The Hall–Kier alpha value is -1.08. The molecule has 1 aliphatic rings. The van der Waals surface area contributed by atoms with Crippen molar-refractivity contribution in [3.8, 4) is 0 Å². The molecule has 0 amide bonds. The summed E-state index contributed by atoms with van der Waals surface area (Å²) in [5.41, 5.74) is 0. The molecule has 2 rings (SSSR count). The highest BCUT2D eigenvalue weighted by atomic mass is 32.2. The number of morpholine rings is 1. The minimum Gasteiger partial charge on any atom is -0.378 e. The van der Waals surface area contributed by atoms with Crippen molar-refractivity contribution in [3.63, 3.8) is 0 Å². The number of nitrogens with one attached hydrogen (secondary N) is 1. The van der Waals surface area contributed by atoms with Crippen LogP contribution in [0.5, 0.6) is 0 Å². The first-order valence-electron chi connectivity index (χ1n) is 7.72. The van der Waals surface area contributed by atoms with E-state index in [1.807, 2.05) is 0 Å². The zero-order chi connectivity index (χ0) is 15.1. The molecule has 0 spiro atoms. The molecule has 1 aromatic heterocycles. The molecule has 1 unspecified atom stereocenters. The molecule has 1 N–H and O–H groups in total. The Morgan fingerprint density at radius 2 is 2.00 bits per heavy atom. The van der Waals surface area contributed by atoms with E-state index < -0.39 is 0 Å². The molecule has 0 radical (unpaired) electrons. The van der Waals surface area contributed by atoms with Gasteiger partial charge < -0.3 is 15.0 Å². The van der Waals surface area contributed by atoms with Crippen LogP contribution in [-0.2, 0) is 4.74 Å². The fraction of sp³-hybridized carbons (Fsp3) is 0.786. The molecule has 1 atom stereocenters. The summed E-state index contributed by atoms with van der Waals surface area (Å²) in [5.74, 6) is 1.44. The summed E-state index contributed by atoms with van der Waals surface area (Å²) in [6, 6.07) is 0. The number of nitrogens with zero attached hydrogens (tertiary/aromatic N) is 4. The summed E-state index contributed by atoms with van der Waals surface area (Å²) in [5, 5.41) is 4.58. The van der Waals surface area contributed by atoms with Crippen molar-refractivity contribution in [1.82, 2.24) is 15.0 Å². The summed E-state index contributed by atoms with van der Waals surface area (Å²) in [6.07, 6.45) is 2.15. The van der Waals surface area contributed by atoms with Gasteiger partial charge in [-0.1, -0.05) is 32.5 Å². The Morgan fingerprint density at radius 1 is 1.24 bits per heavy atom. The number of anilines is 2. The van der Waals surface area contributed by atoms with Crippen molar-refractivity contribution in [2.45, 2.75) is 44.0 Å². The van der Waals surface area contributed by atoms with Gasteiger partial charge in [0.1, 0.15) is 0 Å². The average molecular weight is 311 g/mol. The van der Waals surface area contributed by atoms with Gasteiger partial charge in [-0.25, -0.2) is 0 Å². The minimum absolute atomic E-state index is 0.504. The van der Waals surface area contributed by atoms with Crippen LogP contribution in [0.25, 0.3) is 0 Å². The highest BCUT2D eigenvalue weighted by Gasteiger charge is 2.17. The first kappa shape index (κ1) is 16.3. The lowest BCUT2D eigenvalue weighted by atomic mass is 10.4. The number of rotatable bonds is 7. The standard InChI is InChI=1S/C14H25N5OS/c1-4-6-15-12-16-13(19-7-9-20-10-8-19)18-14(17-12)21-11(3)5-2/h11H,4-10H2,1-3H3,(H,15,16,17,18). The second-order valence-electron chi connectivity index (χ2n) is 5.10. The zero-order valence-corrected chi connectivity index (χ0v) is 13.9. The quantitative estimate of drug-likeness (QED) is 0.776. The van der Waals surface area contributed by atoms with Crippen molar-refractivity contribution >= 4 is 23.7 Å². The first-order valence-corrected chi connectivity index (χ1v) is 8.60. The van der Waals surface area contributed by atoms with Gasteiger partial charge in [0, 0.05) is 24.9 Å². The van der Waals surface area contributed by atoms with E-state index in [1.54, 1.807) is 11.8 Å². The number of ether oxygens (including phenoxy) is 1. The van der Waals surface area contributed by atoms with E-state index >= 15 is 0 Å². The van der Waals surface area contributed by atoms with Gasteiger partial charge >= 0.3 is 0 Å². The molecule has 7 heteroatoms. The predicted octanol–water partition coefficient (Wildman–Crippen LogP) is 2.42. The lowest BCUT2D eigenvalue weighted by Gasteiger charge is -2.27. The molecule has 0 bridgehead atoms. The highest BCUT2D eigenvalue weighted by Crippen LogP contribution is 2.24. The van der Waals surface area contributed by atoms with Gasteiger partial charge in [-0.3, -0.25) is 0 Å². The summed E-state index contributed by atoms with van der Waals surface area (Å²) in [7, 11) is 0. The number of thioether (sulfide) groups is 1. The fourth-order valence-electron chi connectivity index (χ4n) is 1.88. The molecule has 2 heterocycles. The maximum atomic E-state index is 5.39. The second kappa shape index (κ2) is 8.38. The van der Waals surface area contributed by atoms with Gasteiger partial charge in [-0.15, -0.1) is 0 Å². The van der Waals surface area contributed by atoms with Crippen LogP contribution in [0, 0.1) is 0 Å². The summed E-state index contributed by atoms with van der Waals surface area (Å²) in [4.78, 5) is 15.9. The zero-order valence-electron chi connectivity index (χ0n) is 13.1. The Balaban J connectivity index is 2.18. The normalized spacial score (nSPS) is 16.8. The number of hydrogen-bond donors (Lipinski definition) is 1.